The molecule has 0 radical (unpaired) electrons. The van der Waals surface area contributed by atoms with Crippen LogP contribution in [-0.2, 0) is 17.8 Å². The number of benzene rings is 2. The van der Waals surface area contributed by atoms with Gasteiger partial charge in [-0.25, -0.2) is 4.39 Å². The average Bonchev–Trinajstić information content (AvgIpc) is 3.17. The lowest BCUT2D eigenvalue weighted by molar-refractivity contribution is -0.120. The van der Waals surface area contributed by atoms with E-state index >= 15 is 0 Å². The summed E-state index contributed by atoms with van der Waals surface area (Å²) in [5, 5.41) is 2.84. The molecule has 26 heavy (non-hydrogen) atoms. The Bertz CT molecular complexity index is 819. The Morgan fingerprint density at radius 1 is 1.08 bits per heavy atom. The Morgan fingerprint density at radius 2 is 1.85 bits per heavy atom. The van der Waals surface area contributed by atoms with Crippen molar-refractivity contribution >= 4 is 27.7 Å². The third-order valence-corrected chi connectivity index (χ3v) is 5.01. The zero-order valence-electron chi connectivity index (χ0n) is 14.3. The van der Waals surface area contributed by atoms with Gasteiger partial charge in [0, 0.05) is 25.2 Å². The maximum absolute atomic E-state index is 13.2. The van der Waals surface area contributed by atoms with Crippen LogP contribution in [0.2, 0.25) is 0 Å². The predicted octanol–water partition coefficient (Wildman–Crippen LogP) is 3.68. The molecular formula is C20H20BrFN2O2. The lowest BCUT2D eigenvalue weighted by Gasteiger charge is -2.15. The van der Waals surface area contributed by atoms with Crippen molar-refractivity contribution in [1.29, 1.82) is 0 Å². The van der Waals surface area contributed by atoms with E-state index in [0.717, 1.165) is 37.1 Å². The second kappa shape index (κ2) is 8.45. The number of amides is 2. The van der Waals surface area contributed by atoms with E-state index < -0.39 is 0 Å². The van der Waals surface area contributed by atoms with Crippen LogP contribution < -0.4 is 5.32 Å². The summed E-state index contributed by atoms with van der Waals surface area (Å²) in [5.41, 5.74) is 2.26. The molecule has 1 heterocycles. The largest absolute Gasteiger partial charge is 0.352 e. The van der Waals surface area contributed by atoms with Gasteiger partial charge in [-0.15, -0.1) is 0 Å². The first-order valence-corrected chi connectivity index (χ1v) is 9.41. The van der Waals surface area contributed by atoms with Gasteiger partial charge in [0.2, 0.25) is 5.91 Å². The quantitative estimate of drug-likeness (QED) is 0.804. The molecule has 1 N–H and O–H groups in total. The fraction of sp³-hybridized carbons (Fsp3) is 0.300. The minimum absolute atomic E-state index is 0.0480. The summed E-state index contributed by atoms with van der Waals surface area (Å²) >= 11 is 3.12. The molecule has 1 fully saturated rings. The fourth-order valence-corrected chi connectivity index (χ4v) is 3.44. The van der Waals surface area contributed by atoms with Crippen molar-refractivity contribution in [3.63, 3.8) is 0 Å². The Hall–Kier alpha value is -2.21. The number of nitrogens with zero attached hydrogens (tertiary/aromatic N) is 1. The number of hydrogen-bond donors (Lipinski definition) is 1. The molecule has 4 nitrogen and oxygen atoms in total. The van der Waals surface area contributed by atoms with Crippen LogP contribution in [0, 0.1) is 5.82 Å². The molecular weight excluding hydrogens is 399 g/mol. The van der Waals surface area contributed by atoms with Crippen molar-refractivity contribution in [2.45, 2.75) is 25.8 Å². The zero-order valence-corrected chi connectivity index (χ0v) is 15.9. The molecule has 1 aliphatic rings. The molecule has 6 heteroatoms. The first-order chi connectivity index (χ1) is 12.5. The highest BCUT2D eigenvalue weighted by atomic mass is 79.9. The summed E-state index contributed by atoms with van der Waals surface area (Å²) in [6.07, 6.45) is 2.28. The lowest BCUT2D eigenvalue weighted by atomic mass is 10.1. The summed E-state index contributed by atoms with van der Waals surface area (Å²) in [6, 6.07) is 11.9. The van der Waals surface area contributed by atoms with Crippen molar-refractivity contribution in [2.75, 3.05) is 13.1 Å². The topological polar surface area (TPSA) is 49.4 Å². The Labute approximate surface area is 160 Å². The standard InChI is InChI=1S/C20H20BrFN2O2/c21-17-11-14(6-7-18(17)22)12-19(25)23-13-15-4-3-5-16(10-15)20(26)24-8-1-2-9-24/h3-7,10-11H,1-2,8-9,12-13H2,(H,23,25). The Morgan fingerprint density at radius 3 is 2.58 bits per heavy atom. The van der Waals surface area contributed by atoms with Gasteiger partial charge in [0.15, 0.2) is 0 Å². The van der Waals surface area contributed by atoms with E-state index in [1.54, 1.807) is 12.1 Å². The van der Waals surface area contributed by atoms with E-state index in [4.69, 9.17) is 0 Å². The molecule has 0 atom stereocenters. The summed E-state index contributed by atoms with van der Waals surface area (Å²) < 4.78 is 13.6. The molecule has 3 rings (SSSR count). The van der Waals surface area contributed by atoms with Crippen LogP contribution in [-0.4, -0.2) is 29.8 Å². The normalized spacial score (nSPS) is 13.7. The van der Waals surface area contributed by atoms with Crippen LogP contribution in [0.25, 0.3) is 0 Å². The molecule has 0 saturated carbocycles. The average molecular weight is 419 g/mol. The highest BCUT2D eigenvalue weighted by molar-refractivity contribution is 9.10. The second-order valence-corrected chi connectivity index (χ2v) is 7.26. The minimum Gasteiger partial charge on any atom is -0.352 e. The minimum atomic E-state index is -0.353. The van der Waals surface area contributed by atoms with E-state index in [1.165, 1.54) is 6.07 Å². The van der Waals surface area contributed by atoms with E-state index in [0.29, 0.717) is 16.6 Å². The third kappa shape index (κ3) is 4.69. The van der Waals surface area contributed by atoms with Crippen molar-refractivity contribution in [2.24, 2.45) is 0 Å². The smallest absolute Gasteiger partial charge is 0.253 e. The molecule has 2 aromatic carbocycles. The zero-order chi connectivity index (χ0) is 18.5. The van der Waals surface area contributed by atoms with Crippen molar-refractivity contribution in [1.82, 2.24) is 10.2 Å². The van der Waals surface area contributed by atoms with Gasteiger partial charge in [-0.1, -0.05) is 18.2 Å². The molecule has 0 unspecified atom stereocenters. The van der Waals surface area contributed by atoms with Gasteiger partial charge in [-0.3, -0.25) is 9.59 Å². The molecule has 0 aliphatic carbocycles. The van der Waals surface area contributed by atoms with Gasteiger partial charge in [0.1, 0.15) is 5.82 Å². The van der Waals surface area contributed by atoms with Crippen LogP contribution in [0.5, 0.6) is 0 Å². The molecule has 1 aliphatic heterocycles. The van der Waals surface area contributed by atoms with Crippen molar-refractivity contribution in [3.8, 4) is 0 Å². The number of likely N-dealkylation sites (tertiary alicyclic amines) is 1. The summed E-state index contributed by atoms with van der Waals surface area (Å²) in [4.78, 5) is 26.4. The number of halogens is 2. The van der Waals surface area contributed by atoms with Crippen LogP contribution in [0.1, 0.15) is 34.3 Å². The van der Waals surface area contributed by atoms with Gasteiger partial charge in [0.05, 0.1) is 10.9 Å². The first kappa shape index (κ1) is 18.6. The molecule has 0 spiro atoms. The number of carbonyl (C=O) groups is 2. The van der Waals surface area contributed by atoms with Crippen LogP contribution in [0.3, 0.4) is 0 Å². The lowest BCUT2D eigenvalue weighted by Crippen LogP contribution is -2.28. The van der Waals surface area contributed by atoms with Crippen molar-refractivity contribution < 1.29 is 14.0 Å². The highest BCUT2D eigenvalue weighted by Crippen LogP contribution is 2.17. The van der Waals surface area contributed by atoms with Crippen LogP contribution in [0.4, 0.5) is 4.39 Å². The van der Waals surface area contributed by atoms with Gasteiger partial charge in [-0.05, 0) is 64.2 Å². The van der Waals surface area contributed by atoms with E-state index in [2.05, 4.69) is 21.2 Å². The maximum Gasteiger partial charge on any atom is 0.253 e. The molecule has 0 bridgehead atoms. The number of hydrogen-bond acceptors (Lipinski definition) is 2. The predicted molar refractivity (Wildman–Crippen MR) is 101 cm³/mol. The second-order valence-electron chi connectivity index (χ2n) is 6.40. The highest BCUT2D eigenvalue weighted by Gasteiger charge is 2.19. The third-order valence-electron chi connectivity index (χ3n) is 4.41. The summed E-state index contributed by atoms with van der Waals surface area (Å²) in [7, 11) is 0. The Balaban J connectivity index is 1.57. The molecule has 136 valence electrons. The fourth-order valence-electron chi connectivity index (χ4n) is 3.02. The monoisotopic (exact) mass is 418 g/mol. The summed E-state index contributed by atoms with van der Waals surface area (Å²) in [6.45, 7) is 1.97. The molecule has 2 amide bonds. The van der Waals surface area contributed by atoms with E-state index in [1.807, 2.05) is 29.2 Å². The molecule has 2 aromatic rings. The summed E-state index contributed by atoms with van der Waals surface area (Å²) in [5.74, 6) is -0.458. The van der Waals surface area contributed by atoms with E-state index in [9.17, 15) is 14.0 Å². The van der Waals surface area contributed by atoms with E-state index in [-0.39, 0.29) is 24.1 Å². The van der Waals surface area contributed by atoms with Crippen LogP contribution in [0.15, 0.2) is 46.9 Å². The number of nitrogens with one attached hydrogen (secondary N) is 1. The Kier molecular flexibility index (Phi) is 6.04. The van der Waals surface area contributed by atoms with Gasteiger partial charge >= 0.3 is 0 Å². The first-order valence-electron chi connectivity index (χ1n) is 8.62. The van der Waals surface area contributed by atoms with Crippen LogP contribution >= 0.6 is 15.9 Å². The number of carbonyl (C=O) groups excluding carboxylic acids is 2. The molecule has 1 saturated heterocycles. The SMILES string of the molecule is O=C(Cc1ccc(F)c(Br)c1)NCc1cccc(C(=O)N2CCCC2)c1. The van der Waals surface area contributed by atoms with Gasteiger partial charge < -0.3 is 10.2 Å². The van der Waals surface area contributed by atoms with Gasteiger partial charge in [0.25, 0.3) is 5.91 Å². The molecule has 0 aromatic heterocycles. The number of rotatable bonds is 5. The maximum atomic E-state index is 13.2. The van der Waals surface area contributed by atoms with Crippen molar-refractivity contribution in [3.05, 3.63) is 69.4 Å². The van der Waals surface area contributed by atoms with Gasteiger partial charge in [-0.2, -0.15) is 0 Å².